The van der Waals surface area contributed by atoms with E-state index in [9.17, 15) is 4.79 Å². The highest BCUT2D eigenvalue weighted by atomic mass is 16.5. The Bertz CT molecular complexity index is 412. The second kappa shape index (κ2) is 7.44. The molecule has 1 aromatic rings. The van der Waals surface area contributed by atoms with Crippen molar-refractivity contribution >= 4 is 5.91 Å². The molecule has 0 heterocycles. The second-order valence-electron chi connectivity index (χ2n) is 6.18. The molecule has 0 aromatic heterocycles. The summed E-state index contributed by atoms with van der Waals surface area (Å²) in [5.41, 5.74) is 0.691. The van der Waals surface area contributed by atoms with Gasteiger partial charge >= 0.3 is 0 Å². The van der Waals surface area contributed by atoms with Gasteiger partial charge in [0, 0.05) is 6.61 Å². The minimum Gasteiger partial charge on any atom is -0.369 e. The van der Waals surface area contributed by atoms with E-state index in [1.807, 2.05) is 44.2 Å². The number of carbonyl (C=O) groups excluding carboxylic acids is 1. The number of rotatable bonds is 7. The van der Waals surface area contributed by atoms with Crippen LogP contribution in [0.25, 0.3) is 0 Å². The lowest BCUT2D eigenvalue weighted by Gasteiger charge is -2.28. The van der Waals surface area contributed by atoms with E-state index in [4.69, 9.17) is 4.74 Å². The predicted molar refractivity (Wildman–Crippen MR) is 82.5 cm³/mol. The van der Waals surface area contributed by atoms with Crippen LogP contribution in [0, 0.1) is 5.92 Å². The molecular formula is C17H27NO2. The summed E-state index contributed by atoms with van der Waals surface area (Å²) in [6.07, 6.45) is 0.552. The van der Waals surface area contributed by atoms with Gasteiger partial charge in [0.1, 0.15) is 6.10 Å². The van der Waals surface area contributed by atoms with E-state index >= 15 is 0 Å². The van der Waals surface area contributed by atoms with Crippen LogP contribution in [0.1, 0.15) is 46.6 Å². The van der Waals surface area contributed by atoms with Crippen molar-refractivity contribution in [3.63, 3.8) is 0 Å². The number of benzene rings is 1. The molecule has 3 heteroatoms. The standard InChI is InChI=1S/C17H27NO2/c1-13(2)11-12-20-14(3)16(19)18-17(4,5)15-9-7-6-8-10-15/h6-10,13-14H,11-12H2,1-5H3,(H,18,19). The smallest absolute Gasteiger partial charge is 0.249 e. The van der Waals surface area contributed by atoms with Gasteiger partial charge in [-0.3, -0.25) is 4.79 Å². The third-order valence-electron chi connectivity index (χ3n) is 3.36. The maximum Gasteiger partial charge on any atom is 0.249 e. The Labute approximate surface area is 122 Å². The maximum absolute atomic E-state index is 12.2. The molecular weight excluding hydrogens is 250 g/mol. The van der Waals surface area contributed by atoms with Crippen molar-refractivity contribution in [3.05, 3.63) is 35.9 Å². The van der Waals surface area contributed by atoms with Crippen LogP contribution in [0.4, 0.5) is 0 Å². The fourth-order valence-electron chi connectivity index (χ4n) is 1.89. The number of hydrogen-bond acceptors (Lipinski definition) is 2. The molecule has 0 radical (unpaired) electrons. The van der Waals surface area contributed by atoms with Crippen LogP contribution in [-0.2, 0) is 15.1 Å². The lowest BCUT2D eigenvalue weighted by atomic mass is 9.94. The Kier molecular flexibility index (Phi) is 6.21. The zero-order chi connectivity index (χ0) is 15.2. The van der Waals surface area contributed by atoms with Crippen LogP contribution < -0.4 is 5.32 Å². The van der Waals surface area contributed by atoms with Gasteiger partial charge in [0.05, 0.1) is 5.54 Å². The highest BCUT2D eigenvalue weighted by Crippen LogP contribution is 2.19. The first-order chi connectivity index (χ1) is 9.33. The zero-order valence-electron chi connectivity index (χ0n) is 13.3. The lowest BCUT2D eigenvalue weighted by Crippen LogP contribution is -2.46. The molecule has 3 nitrogen and oxygen atoms in total. The van der Waals surface area contributed by atoms with Gasteiger partial charge in [0.2, 0.25) is 5.91 Å². The molecule has 1 aromatic carbocycles. The lowest BCUT2D eigenvalue weighted by molar-refractivity contribution is -0.133. The van der Waals surface area contributed by atoms with Crippen LogP contribution in [0.3, 0.4) is 0 Å². The Morgan fingerprint density at radius 2 is 1.80 bits per heavy atom. The highest BCUT2D eigenvalue weighted by molar-refractivity contribution is 5.81. The van der Waals surface area contributed by atoms with Gasteiger partial charge in [-0.2, -0.15) is 0 Å². The van der Waals surface area contributed by atoms with Crippen molar-refractivity contribution in [2.45, 2.75) is 52.7 Å². The van der Waals surface area contributed by atoms with Gasteiger partial charge in [0.25, 0.3) is 0 Å². The van der Waals surface area contributed by atoms with E-state index in [0.717, 1.165) is 12.0 Å². The summed E-state index contributed by atoms with van der Waals surface area (Å²) in [4.78, 5) is 12.2. The summed E-state index contributed by atoms with van der Waals surface area (Å²) in [6, 6.07) is 9.96. The molecule has 0 aliphatic heterocycles. The molecule has 0 fully saturated rings. The van der Waals surface area contributed by atoms with Crippen LogP contribution in [-0.4, -0.2) is 18.6 Å². The van der Waals surface area contributed by atoms with Crippen LogP contribution in [0.5, 0.6) is 0 Å². The van der Waals surface area contributed by atoms with Gasteiger partial charge < -0.3 is 10.1 Å². The van der Waals surface area contributed by atoms with Crippen molar-refractivity contribution < 1.29 is 9.53 Å². The largest absolute Gasteiger partial charge is 0.369 e. The SMILES string of the molecule is CC(C)CCOC(C)C(=O)NC(C)(C)c1ccccc1. The monoisotopic (exact) mass is 277 g/mol. The first-order valence-electron chi connectivity index (χ1n) is 7.32. The fourth-order valence-corrected chi connectivity index (χ4v) is 1.89. The molecule has 0 saturated heterocycles. The van der Waals surface area contributed by atoms with E-state index in [1.165, 1.54) is 0 Å². The summed E-state index contributed by atoms with van der Waals surface area (Å²) in [7, 11) is 0. The number of amides is 1. The molecule has 0 bridgehead atoms. The van der Waals surface area contributed by atoms with Crippen molar-refractivity contribution in [2.24, 2.45) is 5.92 Å². The number of hydrogen-bond donors (Lipinski definition) is 1. The third kappa shape index (κ3) is 5.33. The van der Waals surface area contributed by atoms with Crippen molar-refractivity contribution in [1.29, 1.82) is 0 Å². The normalized spacial score (nSPS) is 13.3. The average molecular weight is 277 g/mol. The Hall–Kier alpha value is -1.35. The Morgan fingerprint density at radius 3 is 2.35 bits per heavy atom. The minimum atomic E-state index is -0.420. The molecule has 1 amide bonds. The van der Waals surface area contributed by atoms with Crippen LogP contribution in [0.15, 0.2) is 30.3 Å². The molecule has 112 valence electrons. The van der Waals surface area contributed by atoms with Gasteiger partial charge in [-0.1, -0.05) is 44.2 Å². The van der Waals surface area contributed by atoms with Gasteiger partial charge in [-0.15, -0.1) is 0 Å². The molecule has 0 spiro atoms. The van der Waals surface area contributed by atoms with Gasteiger partial charge in [0.15, 0.2) is 0 Å². The van der Waals surface area contributed by atoms with Gasteiger partial charge in [-0.25, -0.2) is 0 Å². The predicted octanol–water partition coefficient (Wildman–Crippen LogP) is 3.49. The molecule has 1 N–H and O–H groups in total. The first kappa shape index (κ1) is 16.7. The summed E-state index contributed by atoms with van der Waals surface area (Å²) >= 11 is 0. The summed E-state index contributed by atoms with van der Waals surface area (Å²) in [5.74, 6) is 0.522. The van der Waals surface area contributed by atoms with Crippen molar-refractivity contribution in [3.8, 4) is 0 Å². The maximum atomic E-state index is 12.2. The average Bonchev–Trinajstić information content (AvgIpc) is 2.38. The van der Waals surface area contributed by atoms with Crippen molar-refractivity contribution in [1.82, 2.24) is 5.32 Å². The summed E-state index contributed by atoms with van der Waals surface area (Å²) < 4.78 is 5.58. The Morgan fingerprint density at radius 1 is 1.20 bits per heavy atom. The summed E-state index contributed by atoms with van der Waals surface area (Å²) in [6.45, 7) is 10.7. The molecule has 1 rings (SSSR count). The van der Waals surface area contributed by atoms with Crippen LogP contribution >= 0.6 is 0 Å². The third-order valence-corrected chi connectivity index (χ3v) is 3.36. The van der Waals surface area contributed by atoms with E-state index in [-0.39, 0.29) is 5.91 Å². The number of nitrogens with one attached hydrogen (secondary N) is 1. The molecule has 0 saturated carbocycles. The number of ether oxygens (including phenoxy) is 1. The molecule has 0 aliphatic carbocycles. The zero-order valence-corrected chi connectivity index (χ0v) is 13.3. The van der Waals surface area contributed by atoms with Crippen molar-refractivity contribution in [2.75, 3.05) is 6.61 Å². The van der Waals surface area contributed by atoms with E-state index in [1.54, 1.807) is 6.92 Å². The highest BCUT2D eigenvalue weighted by Gasteiger charge is 2.25. The van der Waals surface area contributed by atoms with Crippen LogP contribution in [0.2, 0.25) is 0 Å². The number of carbonyl (C=O) groups is 1. The fraction of sp³-hybridized carbons (Fsp3) is 0.588. The van der Waals surface area contributed by atoms with E-state index in [2.05, 4.69) is 19.2 Å². The summed E-state index contributed by atoms with van der Waals surface area (Å²) in [5, 5.41) is 3.05. The molecule has 0 aliphatic rings. The molecule has 1 atom stereocenters. The first-order valence-corrected chi connectivity index (χ1v) is 7.32. The van der Waals surface area contributed by atoms with E-state index in [0.29, 0.717) is 12.5 Å². The van der Waals surface area contributed by atoms with Gasteiger partial charge in [-0.05, 0) is 38.7 Å². The molecule has 20 heavy (non-hydrogen) atoms. The topological polar surface area (TPSA) is 38.3 Å². The molecule has 1 unspecified atom stereocenters. The Balaban J connectivity index is 2.52. The minimum absolute atomic E-state index is 0.0670. The second-order valence-corrected chi connectivity index (χ2v) is 6.18. The van der Waals surface area contributed by atoms with E-state index < -0.39 is 11.6 Å². The quantitative estimate of drug-likeness (QED) is 0.828.